The Morgan fingerprint density at radius 3 is 2.75 bits per heavy atom. The Morgan fingerprint density at radius 1 is 1.50 bits per heavy atom. The van der Waals surface area contributed by atoms with Crippen LogP contribution in [0, 0.1) is 0 Å². The van der Waals surface area contributed by atoms with Crippen molar-refractivity contribution < 1.29 is 14.6 Å². The van der Waals surface area contributed by atoms with Crippen LogP contribution in [-0.4, -0.2) is 22.8 Å². The lowest BCUT2D eigenvalue weighted by Gasteiger charge is -2.01. The van der Waals surface area contributed by atoms with Gasteiger partial charge >= 0.3 is 5.97 Å². The molecule has 0 saturated heterocycles. The molecule has 0 amide bonds. The zero-order chi connectivity index (χ0) is 11.9. The highest BCUT2D eigenvalue weighted by molar-refractivity contribution is 9.10. The zero-order valence-electron chi connectivity index (χ0n) is 8.82. The fourth-order valence-electron chi connectivity index (χ4n) is 1.73. The molecule has 2 rings (SSSR count). The number of hydrogen-bond acceptors (Lipinski definition) is 2. The number of hydrogen-bond donors (Lipinski definition) is 1. The summed E-state index contributed by atoms with van der Waals surface area (Å²) < 4.78 is 7.34. The molecule has 16 heavy (non-hydrogen) atoms. The molecule has 1 N–H and O–H groups in total. The Bertz CT molecular complexity index is 574. The second kappa shape index (κ2) is 3.83. The normalized spacial score (nSPS) is 10.7. The first-order valence-corrected chi connectivity index (χ1v) is 5.40. The minimum Gasteiger partial charge on any atom is -0.497 e. The number of methoxy groups -OCH3 is 1. The number of rotatable bonds is 2. The molecule has 5 heteroatoms. The van der Waals surface area contributed by atoms with Gasteiger partial charge in [-0.15, -0.1) is 0 Å². The highest BCUT2D eigenvalue weighted by atomic mass is 79.9. The first-order chi connectivity index (χ1) is 7.56. The molecule has 1 aromatic carbocycles. The Labute approximate surface area is 101 Å². The molecule has 1 aromatic heterocycles. The number of carbonyl (C=O) groups is 1. The minimum atomic E-state index is -0.954. The van der Waals surface area contributed by atoms with E-state index in [0.29, 0.717) is 10.2 Å². The van der Waals surface area contributed by atoms with Crippen molar-refractivity contribution in [1.82, 2.24) is 4.57 Å². The highest BCUT2D eigenvalue weighted by Crippen LogP contribution is 2.32. The van der Waals surface area contributed by atoms with E-state index in [2.05, 4.69) is 15.9 Å². The molecule has 1 heterocycles. The van der Waals surface area contributed by atoms with Gasteiger partial charge in [0.15, 0.2) is 0 Å². The van der Waals surface area contributed by atoms with E-state index >= 15 is 0 Å². The van der Waals surface area contributed by atoms with Crippen LogP contribution in [0.1, 0.15) is 10.5 Å². The number of halogens is 1. The molecule has 0 aliphatic heterocycles. The summed E-state index contributed by atoms with van der Waals surface area (Å²) in [5.74, 6) is -0.248. The number of nitrogens with zero attached hydrogens (tertiary/aromatic N) is 1. The average Bonchev–Trinajstić information content (AvgIpc) is 2.51. The summed E-state index contributed by atoms with van der Waals surface area (Å²) in [6, 6.07) is 5.45. The van der Waals surface area contributed by atoms with Gasteiger partial charge < -0.3 is 14.4 Å². The van der Waals surface area contributed by atoms with E-state index in [-0.39, 0.29) is 5.69 Å². The van der Waals surface area contributed by atoms with Gasteiger partial charge in [0.25, 0.3) is 0 Å². The van der Waals surface area contributed by atoms with Crippen molar-refractivity contribution in [2.75, 3.05) is 7.11 Å². The standard InChI is InChI=1S/C11H10BrNO3/c1-13-8-5-6(16-2)3-4-7(8)9(12)10(13)11(14)15/h3-5H,1-2H3,(H,14,15). The third kappa shape index (κ3) is 1.48. The number of fused-ring (bicyclic) bond motifs is 1. The van der Waals surface area contributed by atoms with Gasteiger partial charge in [0, 0.05) is 18.5 Å². The molecule has 0 fully saturated rings. The van der Waals surface area contributed by atoms with E-state index < -0.39 is 5.97 Å². The van der Waals surface area contributed by atoms with E-state index in [9.17, 15) is 4.79 Å². The van der Waals surface area contributed by atoms with Crippen molar-refractivity contribution >= 4 is 32.8 Å². The summed E-state index contributed by atoms with van der Waals surface area (Å²) >= 11 is 3.31. The lowest BCUT2D eigenvalue weighted by molar-refractivity contribution is 0.0686. The van der Waals surface area contributed by atoms with Gasteiger partial charge in [0.05, 0.1) is 17.1 Å². The van der Waals surface area contributed by atoms with Crippen LogP contribution in [0.2, 0.25) is 0 Å². The molecule has 0 aliphatic rings. The van der Waals surface area contributed by atoms with Crippen LogP contribution >= 0.6 is 15.9 Å². The topological polar surface area (TPSA) is 51.5 Å². The van der Waals surface area contributed by atoms with Crippen LogP contribution in [0.5, 0.6) is 5.75 Å². The maximum absolute atomic E-state index is 11.1. The number of ether oxygens (including phenoxy) is 1. The summed E-state index contributed by atoms with van der Waals surface area (Å²) in [7, 11) is 3.30. The molecule has 84 valence electrons. The van der Waals surface area contributed by atoms with Gasteiger partial charge in [0.1, 0.15) is 11.4 Å². The Kier molecular flexibility index (Phi) is 2.63. The predicted octanol–water partition coefficient (Wildman–Crippen LogP) is 2.65. The van der Waals surface area contributed by atoms with E-state index in [4.69, 9.17) is 9.84 Å². The van der Waals surface area contributed by atoms with E-state index in [1.165, 1.54) is 0 Å². The third-order valence-corrected chi connectivity index (χ3v) is 3.35. The summed E-state index contributed by atoms with van der Waals surface area (Å²) in [4.78, 5) is 11.1. The van der Waals surface area contributed by atoms with Crippen LogP contribution in [0.15, 0.2) is 22.7 Å². The zero-order valence-corrected chi connectivity index (χ0v) is 10.4. The lowest BCUT2D eigenvalue weighted by atomic mass is 10.2. The van der Waals surface area contributed by atoms with Gasteiger partial charge in [-0.05, 0) is 28.1 Å². The summed E-state index contributed by atoms with van der Waals surface area (Å²) in [5.41, 5.74) is 1.06. The lowest BCUT2D eigenvalue weighted by Crippen LogP contribution is -2.04. The Balaban J connectivity index is 2.83. The van der Waals surface area contributed by atoms with Gasteiger partial charge in [-0.2, -0.15) is 0 Å². The molecule has 4 nitrogen and oxygen atoms in total. The molecule has 2 aromatic rings. The van der Waals surface area contributed by atoms with E-state index in [1.54, 1.807) is 24.8 Å². The molecule has 0 spiro atoms. The molecule has 0 bridgehead atoms. The summed E-state index contributed by atoms with van der Waals surface area (Å²) in [6.07, 6.45) is 0. The van der Waals surface area contributed by atoms with Crippen LogP contribution < -0.4 is 4.74 Å². The van der Waals surface area contributed by atoms with E-state index in [1.807, 2.05) is 12.1 Å². The fraction of sp³-hybridized carbons (Fsp3) is 0.182. The maximum Gasteiger partial charge on any atom is 0.353 e. The number of carboxylic acids is 1. The molecule has 0 saturated carbocycles. The summed E-state index contributed by atoms with van der Waals surface area (Å²) in [5, 5.41) is 9.95. The van der Waals surface area contributed by atoms with Crippen molar-refractivity contribution in [1.29, 1.82) is 0 Å². The maximum atomic E-state index is 11.1. The van der Waals surface area contributed by atoms with Gasteiger partial charge in [-0.1, -0.05) is 0 Å². The predicted molar refractivity (Wildman–Crippen MR) is 64.1 cm³/mol. The monoisotopic (exact) mass is 283 g/mol. The largest absolute Gasteiger partial charge is 0.497 e. The van der Waals surface area contributed by atoms with E-state index in [0.717, 1.165) is 10.9 Å². The van der Waals surface area contributed by atoms with Crippen LogP contribution in [0.3, 0.4) is 0 Å². The number of carboxylic acid groups (broad SMARTS) is 1. The number of aryl methyl sites for hydroxylation is 1. The smallest absolute Gasteiger partial charge is 0.353 e. The first kappa shape index (κ1) is 11.0. The molecular formula is C11H10BrNO3. The van der Waals surface area contributed by atoms with Crippen LogP contribution in [-0.2, 0) is 7.05 Å². The quantitative estimate of drug-likeness (QED) is 0.922. The molecule has 0 aliphatic carbocycles. The van der Waals surface area contributed by atoms with Crippen molar-refractivity contribution in [3.63, 3.8) is 0 Å². The fourth-order valence-corrected chi connectivity index (χ4v) is 2.50. The third-order valence-electron chi connectivity index (χ3n) is 2.55. The SMILES string of the molecule is COc1ccc2c(Br)c(C(=O)O)n(C)c2c1. The van der Waals surface area contributed by atoms with Gasteiger partial charge in [-0.25, -0.2) is 4.79 Å². The van der Waals surface area contributed by atoms with Crippen LogP contribution in [0.4, 0.5) is 0 Å². The molecule has 0 unspecified atom stereocenters. The number of aromatic nitrogens is 1. The second-order valence-corrected chi connectivity index (χ2v) is 4.20. The second-order valence-electron chi connectivity index (χ2n) is 3.41. The summed E-state index contributed by atoms with van der Waals surface area (Å²) in [6.45, 7) is 0. The van der Waals surface area contributed by atoms with Crippen molar-refractivity contribution in [3.05, 3.63) is 28.4 Å². The van der Waals surface area contributed by atoms with Crippen molar-refractivity contribution in [2.24, 2.45) is 7.05 Å². The van der Waals surface area contributed by atoms with Crippen molar-refractivity contribution in [2.45, 2.75) is 0 Å². The number of benzene rings is 1. The first-order valence-electron chi connectivity index (χ1n) is 4.61. The highest BCUT2D eigenvalue weighted by Gasteiger charge is 2.18. The molecule has 0 atom stereocenters. The minimum absolute atomic E-state index is 0.239. The Hall–Kier alpha value is -1.49. The number of aromatic carboxylic acids is 1. The van der Waals surface area contributed by atoms with Crippen LogP contribution in [0.25, 0.3) is 10.9 Å². The van der Waals surface area contributed by atoms with Gasteiger partial charge in [0.2, 0.25) is 0 Å². The Morgan fingerprint density at radius 2 is 2.19 bits per heavy atom. The molecule has 0 radical (unpaired) electrons. The van der Waals surface area contributed by atoms with Crippen molar-refractivity contribution in [3.8, 4) is 5.75 Å². The molecular weight excluding hydrogens is 274 g/mol. The van der Waals surface area contributed by atoms with Gasteiger partial charge in [-0.3, -0.25) is 0 Å². The average molecular weight is 284 g/mol.